The fraction of sp³-hybridized carbons (Fsp3) is 0.200. The van der Waals surface area contributed by atoms with Gasteiger partial charge < -0.3 is 9.47 Å². The van der Waals surface area contributed by atoms with E-state index in [9.17, 15) is 0 Å². The molecule has 1 unspecified atom stereocenters. The number of fused-ring (bicyclic) bond motifs is 10. The highest BCUT2D eigenvalue weighted by Gasteiger charge is 2.48. The Kier molecular flexibility index (Phi) is 6.61. The van der Waals surface area contributed by atoms with Gasteiger partial charge in [-0.3, -0.25) is 0 Å². The number of ether oxygens (including phenoxy) is 2. The standard InChI is InChI=1S/C45H38O2/c1-46-35-25-23-34(24-26-35)45(33-21-19-32(20-22-33)31-13-5-4-6-14-31)30-27-39-42-41(36-15-7-8-16-37(36)43(39)47-45)38-17-9-10-18-40(38)44(42)28-11-2-3-12-29-44/h4-10,13-27,30H,2-3,11-12,28-29H2,1H3. The summed E-state index contributed by atoms with van der Waals surface area (Å²) in [5, 5.41) is 2.46. The third-order valence-corrected chi connectivity index (χ3v) is 11.0. The summed E-state index contributed by atoms with van der Waals surface area (Å²) in [5.41, 5.74) is 10.8. The average molecular weight is 611 g/mol. The Morgan fingerprint density at radius 2 is 1.21 bits per heavy atom. The highest BCUT2D eigenvalue weighted by Crippen LogP contribution is 2.61. The van der Waals surface area contributed by atoms with E-state index in [0.717, 1.165) is 22.6 Å². The second-order valence-corrected chi connectivity index (χ2v) is 13.4. The Morgan fingerprint density at radius 1 is 0.596 bits per heavy atom. The van der Waals surface area contributed by atoms with Crippen LogP contribution in [0.25, 0.3) is 39.1 Å². The van der Waals surface area contributed by atoms with Crippen LogP contribution in [0.2, 0.25) is 0 Å². The SMILES string of the molecule is COc1ccc(C2(c3ccc(-c4ccccc4)cc3)C=Cc3c4c(c5ccccc5c3O2)-c2ccccc2C42CCCCCC2)cc1. The molecule has 2 heteroatoms. The zero-order valence-electron chi connectivity index (χ0n) is 26.8. The lowest BCUT2D eigenvalue weighted by molar-refractivity contribution is 0.163. The van der Waals surface area contributed by atoms with E-state index in [-0.39, 0.29) is 5.41 Å². The topological polar surface area (TPSA) is 18.5 Å². The monoisotopic (exact) mass is 610 g/mol. The fourth-order valence-electron chi connectivity index (χ4n) is 8.83. The molecule has 6 aromatic carbocycles. The Bertz CT molecular complexity index is 2130. The van der Waals surface area contributed by atoms with Crippen molar-refractivity contribution in [2.45, 2.75) is 49.5 Å². The van der Waals surface area contributed by atoms with Gasteiger partial charge >= 0.3 is 0 Å². The first-order valence-electron chi connectivity index (χ1n) is 17.1. The normalized spacial score (nSPS) is 19.0. The number of hydrogen-bond donors (Lipinski definition) is 0. The van der Waals surface area contributed by atoms with Crippen molar-refractivity contribution >= 4 is 16.8 Å². The molecule has 0 saturated heterocycles. The minimum Gasteiger partial charge on any atom is -0.497 e. The van der Waals surface area contributed by atoms with E-state index in [1.54, 1.807) is 7.11 Å². The Hall–Kier alpha value is -5.08. The molecule has 0 radical (unpaired) electrons. The van der Waals surface area contributed by atoms with Gasteiger partial charge in [-0.05, 0) is 69.8 Å². The first-order valence-corrected chi connectivity index (χ1v) is 17.1. The van der Waals surface area contributed by atoms with Gasteiger partial charge in [0.15, 0.2) is 5.60 Å². The third-order valence-electron chi connectivity index (χ3n) is 11.0. The maximum Gasteiger partial charge on any atom is 0.178 e. The van der Waals surface area contributed by atoms with Crippen LogP contribution in [0.1, 0.15) is 66.3 Å². The van der Waals surface area contributed by atoms with Crippen molar-refractivity contribution in [1.29, 1.82) is 0 Å². The highest BCUT2D eigenvalue weighted by molar-refractivity contribution is 6.08. The molecule has 47 heavy (non-hydrogen) atoms. The van der Waals surface area contributed by atoms with Crippen LogP contribution < -0.4 is 9.47 Å². The molecule has 2 aliphatic carbocycles. The van der Waals surface area contributed by atoms with Crippen molar-refractivity contribution in [1.82, 2.24) is 0 Å². The van der Waals surface area contributed by atoms with Crippen LogP contribution in [-0.4, -0.2) is 7.11 Å². The lowest BCUT2D eigenvalue weighted by Gasteiger charge is -2.39. The molecule has 230 valence electrons. The van der Waals surface area contributed by atoms with Gasteiger partial charge in [0, 0.05) is 27.5 Å². The van der Waals surface area contributed by atoms with Crippen molar-refractivity contribution in [2.75, 3.05) is 7.11 Å². The lowest BCUT2D eigenvalue weighted by Crippen LogP contribution is -2.35. The van der Waals surface area contributed by atoms with E-state index in [4.69, 9.17) is 9.47 Å². The third kappa shape index (κ3) is 4.24. The van der Waals surface area contributed by atoms with Gasteiger partial charge in [-0.15, -0.1) is 0 Å². The smallest absolute Gasteiger partial charge is 0.178 e. The number of hydrogen-bond acceptors (Lipinski definition) is 2. The summed E-state index contributed by atoms with van der Waals surface area (Å²) >= 11 is 0. The summed E-state index contributed by atoms with van der Waals surface area (Å²) in [6.07, 6.45) is 12.2. The second kappa shape index (κ2) is 11.0. The van der Waals surface area contributed by atoms with Gasteiger partial charge in [-0.25, -0.2) is 0 Å². The maximum atomic E-state index is 7.59. The van der Waals surface area contributed by atoms with Gasteiger partial charge in [0.05, 0.1) is 7.11 Å². The zero-order chi connectivity index (χ0) is 31.4. The van der Waals surface area contributed by atoms with E-state index in [0.29, 0.717) is 0 Å². The molecule has 1 fully saturated rings. The predicted octanol–water partition coefficient (Wildman–Crippen LogP) is 11.5. The van der Waals surface area contributed by atoms with Crippen LogP contribution in [0.3, 0.4) is 0 Å². The van der Waals surface area contributed by atoms with Gasteiger partial charge in [-0.1, -0.05) is 147 Å². The van der Waals surface area contributed by atoms with Crippen molar-refractivity contribution in [2.24, 2.45) is 0 Å². The number of benzene rings is 6. The van der Waals surface area contributed by atoms with Crippen LogP contribution in [0.5, 0.6) is 11.5 Å². The molecule has 0 aromatic heterocycles. The van der Waals surface area contributed by atoms with Crippen molar-refractivity contribution < 1.29 is 9.47 Å². The van der Waals surface area contributed by atoms with E-state index in [2.05, 4.69) is 127 Å². The molecular weight excluding hydrogens is 572 g/mol. The van der Waals surface area contributed by atoms with Crippen LogP contribution in [0.4, 0.5) is 0 Å². The van der Waals surface area contributed by atoms with Crippen molar-refractivity contribution in [3.8, 4) is 33.8 Å². The van der Waals surface area contributed by atoms with Gasteiger partial charge in [0.1, 0.15) is 11.5 Å². The Balaban J connectivity index is 1.29. The lowest BCUT2D eigenvalue weighted by atomic mass is 9.70. The molecule has 9 rings (SSSR count). The van der Waals surface area contributed by atoms with E-state index >= 15 is 0 Å². The minimum atomic E-state index is -0.812. The fourth-order valence-corrected chi connectivity index (χ4v) is 8.83. The van der Waals surface area contributed by atoms with E-state index < -0.39 is 5.60 Å². The first kappa shape index (κ1) is 28.2. The average Bonchev–Trinajstić information content (AvgIpc) is 3.24. The summed E-state index contributed by atoms with van der Waals surface area (Å²) in [6.45, 7) is 0. The Labute approximate surface area is 277 Å². The van der Waals surface area contributed by atoms with Crippen LogP contribution >= 0.6 is 0 Å². The molecule has 1 atom stereocenters. The zero-order valence-corrected chi connectivity index (χ0v) is 26.8. The molecule has 6 aromatic rings. The van der Waals surface area contributed by atoms with Gasteiger partial charge in [0.2, 0.25) is 0 Å². The Morgan fingerprint density at radius 3 is 1.94 bits per heavy atom. The largest absolute Gasteiger partial charge is 0.497 e. The van der Waals surface area contributed by atoms with E-state index in [1.807, 2.05) is 12.1 Å². The highest BCUT2D eigenvalue weighted by atomic mass is 16.5. The van der Waals surface area contributed by atoms with Gasteiger partial charge in [-0.2, -0.15) is 0 Å². The molecule has 0 amide bonds. The number of rotatable bonds is 4. The molecule has 0 N–H and O–H groups in total. The molecule has 1 saturated carbocycles. The van der Waals surface area contributed by atoms with E-state index in [1.165, 1.54) is 88.2 Å². The second-order valence-electron chi connectivity index (χ2n) is 13.4. The summed E-state index contributed by atoms with van der Waals surface area (Å²) in [6, 6.07) is 46.0. The molecule has 1 spiro atoms. The molecular formula is C45H38O2. The van der Waals surface area contributed by atoms with Gasteiger partial charge in [0.25, 0.3) is 0 Å². The molecule has 1 heterocycles. The van der Waals surface area contributed by atoms with Crippen molar-refractivity contribution in [3.05, 3.63) is 161 Å². The summed E-state index contributed by atoms with van der Waals surface area (Å²) in [7, 11) is 1.72. The molecule has 0 bridgehead atoms. The molecule has 3 aliphatic rings. The molecule has 2 nitrogen and oxygen atoms in total. The van der Waals surface area contributed by atoms with Crippen molar-refractivity contribution in [3.63, 3.8) is 0 Å². The molecule has 1 aliphatic heterocycles. The maximum absolute atomic E-state index is 7.59. The summed E-state index contributed by atoms with van der Waals surface area (Å²) < 4.78 is 13.2. The van der Waals surface area contributed by atoms with Crippen LogP contribution in [0.15, 0.2) is 133 Å². The quantitative estimate of drug-likeness (QED) is 0.198. The first-order chi connectivity index (χ1) is 23.2. The summed E-state index contributed by atoms with van der Waals surface area (Å²) in [5.74, 6) is 1.82. The summed E-state index contributed by atoms with van der Waals surface area (Å²) in [4.78, 5) is 0. The van der Waals surface area contributed by atoms with Crippen LogP contribution in [0, 0.1) is 0 Å². The number of methoxy groups -OCH3 is 1. The van der Waals surface area contributed by atoms with Crippen LogP contribution in [-0.2, 0) is 11.0 Å². The predicted molar refractivity (Wildman–Crippen MR) is 193 cm³/mol. The minimum absolute atomic E-state index is 0.00167.